The van der Waals surface area contributed by atoms with Crippen LogP contribution in [-0.4, -0.2) is 65.6 Å². The Balaban J connectivity index is 1.99. The number of carbonyl (C=O) groups is 2. The number of aliphatic hydroxyl groups excluding tert-OH is 1. The number of hydrogen-bond donors (Lipinski definition) is 2. The van der Waals surface area contributed by atoms with Crippen molar-refractivity contribution < 1.29 is 29.3 Å². The van der Waals surface area contributed by atoms with Gasteiger partial charge in [0.15, 0.2) is 0 Å². The summed E-state index contributed by atoms with van der Waals surface area (Å²) in [5.74, 6) is -0.110. The van der Waals surface area contributed by atoms with Gasteiger partial charge in [0, 0.05) is 35.5 Å². The van der Waals surface area contributed by atoms with Gasteiger partial charge in [-0.05, 0) is 75.3 Å². The molecule has 1 aromatic heterocycles. The fraction of sp³-hybridized carbons (Fsp3) is 0.448. The van der Waals surface area contributed by atoms with E-state index < -0.39 is 24.1 Å². The zero-order valence-electron chi connectivity index (χ0n) is 22.8. The van der Waals surface area contributed by atoms with Crippen LogP contribution in [0.25, 0.3) is 10.9 Å². The number of aromatic nitrogens is 1. The van der Waals surface area contributed by atoms with Crippen molar-refractivity contribution in [2.45, 2.75) is 58.7 Å². The third-order valence-corrected chi connectivity index (χ3v) is 6.52. The second-order valence-corrected chi connectivity index (χ2v) is 10.5. The molecule has 0 aliphatic heterocycles. The minimum atomic E-state index is -1.49. The molecule has 1 heterocycles. The first kappa shape index (κ1) is 28.2. The van der Waals surface area contributed by atoms with E-state index in [4.69, 9.17) is 14.6 Å². The molecule has 200 valence electrons. The van der Waals surface area contributed by atoms with Gasteiger partial charge in [0.1, 0.15) is 17.9 Å². The molecule has 0 amide bonds. The van der Waals surface area contributed by atoms with Gasteiger partial charge in [0.05, 0.1) is 12.6 Å². The van der Waals surface area contributed by atoms with Crippen molar-refractivity contribution in [3.63, 3.8) is 0 Å². The van der Waals surface area contributed by atoms with Gasteiger partial charge in [0.25, 0.3) is 0 Å². The van der Waals surface area contributed by atoms with E-state index in [-0.39, 0.29) is 12.3 Å². The van der Waals surface area contributed by atoms with Gasteiger partial charge in [-0.1, -0.05) is 19.9 Å². The molecular weight excluding hydrogens is 472 g/mol. The highest BCUT2D eigenvalue weighted by Crippen LogP contribution is 2.39. The van der Waals surface area contributed by atoms with Crippen molar-refractivity contribution in [2.75, 3.05) is 27.7 Å². The molecule has 1 unspecified atom stereocenters. The molecule has 0 aliphatic rings. The first-order valence-electron chi connectivity index (χ1n) is 12.4. The molecule has 8 heteroatoms. The van der Waals surface area contributed by atoms with E-state index in [0.29, 0.717) is 5.75 Å². The third-order valence-electron chi connectivity index (χ3n) is 6.52. The summed E-state index contributed by atoms with van der Waals surface area (Å²) in [6.07, 6.45) is 0.844. The SMILES string of the molecule is COc1ccc2c(c1)c(CCN(C)C)cn2C(=O)CC(C)(C)c1c(C)cc(C)cc1OC(O)CC(=O)O. The van der Waals surface area contributed by atoms with E-state index in [2.05, 4.69) is 4.90 Å². The van der Waals surface area contributed by atoms with Crippen LogP contribution in [0.15, 0.2) is 36.5 Å². The number of aliphatic hydroxyl groups is 1. The summed E-state index contributed by atoms with van der Waals surface area (Å²) >= 11 is 0. The van der Waals surface area contributed by atoms with E-state index in [1.807, 2.05) is 72.3 Å². The lowest BCUT2D eigenvalue weighted by molar-refractivity contribution is -0.144. The lowest BCUT2D eigenvalue weighted by atomic mass is 9.78. The van der Waals surface area contributed by atoms with E-state index in [9.17, 15) is 14.7 Å². The maximum absolute atomic E-state index is 13.8. The molecule has 3 aromatic rings. The van der Waals surface area contributed by atoms with Crippen LogP contribution in [0.4, 0.5) is 0 Å². The Bertz CT molecular complexity index is 1290. The molecule has 8 nitrogen and oxygen atoms in total. The number of carboxylic acids is 1. The zero-order chi connectivity index (χ0) is 27.5. The number of ether oxygens (including phenoxy) is 2. The monoisotopic (exact) mass is 510 g/mol. The number of aliphatic carboxylic acids is 1. The van der Waals surface area contributed by atoms with Gasteiger partial charge >= 0.3 is 5.97 Å². The fourth-order valence-corrected chi connectivity index (χ4v) is 4.93. The highest BCUT2D eigenvalue weighted by molar-refractivity contribution is 5.95. The zero-order valence-corrected chi connectivity index (χ0v) is 22.8. The minimum Gasteiger partial charge on any atom is -0.497 e. The van der Waals surface area contributed by atoms with Crippen molar-refractivity contribution in [3.8, 4) is 11.5 Å². The number of benzene rings is 2. The summed E-state index contributed by atoms with van der Waals surface area (Å²) in [6.45, 7) is 8.60. The Morgan fingerprint density at radius 3 is 2.46 bits per heavy atom. The van der Waals surface area contributed by atoms with Gasteiger partial charge in [-0.15, -0.1) is 0 Å². The van der Waals surface area contributed by atoms with Crippen LogP contribution >= 0.6 is 0 Å². The van der Waals surface area contributed by atoms with Crippen LogP contribution in [-0.2, 0) is 16.6 Å². The van der Waals surface area contributed by atoms with Crippen molar-refractivity contribution in [3.05, 3.63) is 58.8 Å². The number of rotatable bonds is 11. The van der Waals surface area contributed by atoms with Crippen molar-refractivity contribution >= 4 is 22.8 Å². The highest BCUT2D eigenvalue weighted by atomic mass is 16.6. The largest absolute Gasteiger partial charge is 0.497 e. The van der Waals surface area contributed by atoms with Gasteiger partial charge in [0.2, 0.25) is 12.2 Å². The predicted molar refractivity (Wildman–Crippen MR) is 144 cm³/mol. The number of carbonyl (C=O) groups excluding carboxylic acids is 1. The minimum absolute atomic E-state index is 0.0757. The van der Waals surface area contributed by atoms with E-state index >= 15 is 0 Å². The predicted octanol–water partition coefficient (Wildman–Crippen LogP) is 4.55. The number of likely N-dealkylation sites (N-methyl/N-ethyl adjacent to an activating group) is 1. The maximum Gasteiger partial charge on any atom is 0.309 e. The Morgan fingerprint density at radius 2 is 1.84 bits per heavy atom. The van der Waals surface area contributed by atoms with E-state index in [0.717, 1.165) is 51.9 Å². The summed E-state index contributed by atoms with van der Waals surface area (Å²) in [7, 11) is 5.66. The fourth-order valence-electron chi connectivity index (χ4n) is 4.93. The molecule has 0 saturated carbocycles. The van der Waals surface area contributed by atoms with E-state index in [1.54, 1.807) is 17.7 Å². The van der Waals surface area contributed by atoms with Crippen molar-refractivity contribution in [2.24, 2.45) is 0 Å². The average molecular weight is 511 g/mol. The van der Waals surface area contributed by atoms with Crippen molar-refractivity contribution in [1.82, 2.24) is 9.47 Å². The molecule has 0 spiro atoms. The van der Waals surface area contributed by atoms with Gasteiger partial charge < -0.3 is 24.6 Å². The molecule has 37 heavy (non-hydrogen) atoms. The summed E-state index contributed by atoms with van der Waals surface area (Å²) in [4.78, 5) is 26.9. The maximum atomic E-state index is 13.8. The van der Waals surface area contributed by atoms with Crippen LogP contribution in [0, 0.1) is 13.8 Å². The lowest BCUT2D eigenvalue weighted by Crippen LogP contribution is -2.28. The molecule has 0 radical (unpaired) electrons. The summed E-state index contributed by atoms with van der Waals surface area (Å²) in [5, 5.41) is 20.2. The van der Waals surface area contributed by atoms with Crippen LogP contribution in [0.5, 0.6) is 11.5 Å². The molecule has 3 rings (SSSR count). The standard InChI is InChI=1S/C29H38N2O6/c1-18-12-19(2)28(24(13-18)37-27(35)15-26(33)34)29(3,4)16-25(32)31-17-20(10-11-30(5)6)22-14-21(36-7)8-9-23(22)31/h8-9,12-14,17,27,35H,10-11,15-16H2,1-7H3,(H,33,34). The highest BCUT2D eigenvalue weighted by Gasteiger charge is 2.32. The molecule has 0 aliphatic carbocycles. The van der Waals surface area contributed by atoms with Crippen LogP contribution in [0.1, 0.15) is 53.7 Å². The molecular formula is C29H38N2O6. The molecule has 2 aromatic carbocycles. The third kappa shape index (κ3) is 6.70. The molecule has 0 fully saturated rings. The number of fused-ring (bicyclic) bond motifs is 1. The topological polar surface area (TPSA) is 101 Å². The second-order valence-electron chi connectivity index (χ2n) is 10.5. The first-order chi connectivity index (χ1) is 17.3. The first-order valence-corrected chi connectivity index (χ1v) is 12.4. The number of nitrogens with zero attached hydrogens (tertiary/aromatic N) is 2. The van der Waals surface area contributed by atoms with Crippen LogP contribution < -0.4 is 9.47 Å². The van der Waals surface area contributed by atoms with Crippen LogP contribution in [0.3, 0.4) is 0 Å². The summed E-state index contributed by atoms with van der Waals surface area (Å²) < 4.78 is 12.8. The van der Waals surface area contributed by atoms with Gasteiger partial charge in [-0.25, -0.2) is 0 Å². The number of methoxy groups -OCH3 is 1. The molecule has 2 N–H and O–H groups in total. The average Bonchev–Trinajstić information content (AvgIpc) is 3.13. The quantitative estimate of drug-likeness (QED) is 0.365. The Labute approximate surface area is 218 Å². The van der Waals surface area contributed by atoms with Gasteiger partial charge in [-0.3, -0.25) is 14.2 Å². The summed E-state index contributed by atoms with van der Waals surface area (Å²) in [5.41, 5.74) is 3.81. The second kappa shape index (κ2) is 11.4. The smallest absolute Gasteiger partial charge is 0.309 e. The van der Waals surface area contributed by atoms with Gasteiger partial charge in [-0.2, -0.15) is 0 Å². The molecule has 0 saturated heterocycles. The molecule has 1 atom stereocenters. The van der Waals surface area contributed by atoms with Crippen molar-refractivity contribution in [1.29, 1.82) is 0 Å². The lowest BCUT2D eigenvalue weighted by Gasteiger charge is -2.30. The Kier molecular flexibility index (Phi) is 8.66. The van der Waals surface area contributed by atoms with E-state index in [1.165, 1.54) is 0 Å². The normalized spacial score (nSPS) is 12.7. The molecule has 0 bridgehead atoms. The number of aryl methyl sites for hydroxylation is 2. The number of carboxylic acid groups (broad SMARTS) is 1. The number of hydrogen-bond acceptors (Lipinski definition) is 6. The Morgan fingerprint density at radius 1 is 1.14 bits per heavy atom. The van der Waals surface area contributed by atoms with Crippen LogP contribution in [0.2, 0.25) is 0 Å². The summed E-state index contributed by atoms with van der Waals surface area (Å²) in [6, 6.07) is 9.50. The Hall–Kier alpha value is -3.36.